The van der Waals surface area contributed by atoms with Crippen molar-refractivity contribution in [2.24, 2.45) is 5.73 Å². The van der Waals surface area contributed by atoms with Gasteiger partial charge in [-0.25, -0.2) is 4.98 Å². The lowest BCUT2D eigenvalue weighted by atomic mass is 10.2. The lowest BCUT2D eigenvalue weighted by Crippen LogP contribution is -2.13. The third kappa shape index (κ3) is 3.76. The van der Waals surface area contributed by atoms with Crippen molar-refractivity contribution in [3.8, 4) is 0 Å². The highest BCUT2D eigenvalue weighted by Gasteiger charge is 2.30. The van der Waals surface area contributed by atoms with E-state index < -0.39 is 11.7 Å². The third-order valence-corrected chi connectivity index (χ3v) is 4.19. The zero-order valence-corrected chi connectivity index (χ0v) is 12.8. The van der Waals surface area contributed by atoms with E-state index in [0.717, 1.165) is 24.0 Å². The Hall–Kier alpha value is -1.54. The van der Waals surface area contributed by atoms with Crippen molar-refractivity contribution >= 4 is 33.5 Å². The van der Waals surface area contributed by atoms with Gasteiger partial charge < -0.3 is 5.73 Å². The molecule has 1 aromatic heterocycles. The molecule has 0 bridgehead atoms. The number of halogens is 4. The molecule has 2 rings (SSSR count). The first kappa shape index (κ1) is 15.8. The van der Waals surface area contributed by atoms with Crippen LogP contribution in [-0.4, -0.2) is 10.8 Å². The van der Waals surface area contributed by atoms with Gasteiger partial charge in [-0.1, -0.05) is 17.8 Å². The Labute approximate surface area is 131 Å². The summed E-state index contributed by atoms with van der Waals surface area (Å²) in [4.78, 5) is 4.43. The van der Waals surface area contributed by atoms with E-state index in [1.807, 2.05) is 0 Å². The summed E-state index contributed by atoms with van der Waals surface area (Å²) in [7, 11) is 0. The van der Waals surface area contributed by atoms with Crippen molar-refractivity contribution in [1.82, 2.24) is 4.98 Å². The van der Waals surface area contributed by atoms with Crippen LogP contribution in [0.3, 0.4) is 0 Å². The summed E-state index contributed by atoms with van der Waals surface area (Å²) in [6.07, 6.45) is -3.62. The summed E-state index contributed by atoms with van der Waals surface area (Å²) in [6.45, 7) is 0. The number of nitrogens with one attached hydrogen (secondary N) is 1. The minimum Gasteiger partial charge on any atom is -0.384 e. The maximum Gasteiger partial charge on any atom is 0.417 e. The van der Waals surface area contributed by atoms with Crippen molar-refractivity contribution in [3.63, 3.8) is 0 Å². The van der Waals surface area contributed by atoms with Crippen LogP contribution in [0.25, 0.3) is 0 Å². The predicted molar refractivity (Wildman–Crippen MR) is 78.5 cm³/mol. The molecule has 0 aliphatic heterocycles. The van der Waals surface area contributed by atoms with Crippen LogP contribution >= 0.6 is 27.7 Å². The average molecular weight is 376 g/mol. The molecule has 3 nitrogen and oxygen atoms in total. The van der Waals surface area contributed by atoms with Crippen LogP contribution < -0.4 is 5.73 Å². The van der Waals surface area contributed by atoms with E-state index in [1.54, 1.807) is 18.2 Å². The lowest BCUT2D eigenvalue weighted by molar-refractivity contribution is -0.137. The van der Waals surface area contributed by atoms with Crippen molar-refractivity contribution < 1.29 is 13.2 Å². The molecule has 1 aromatic carbocycles. The van der Waals surface area contributed by atoms with Crippen molar-refractivity contribution in [2.75, 3.05) is 0 Å². The molecule has 0 amide bonds. The number of pyridine rings is 1. The molecule has 0 saturated carbocycles. The summed E-state index contributed by atoms with van der Waals surface area (Å²) >= 11 is 4.44. The SMILES string of the molecule is N=C(N)c1c(Br)cccc1Sc1ccc(C(F)(F)F)cn1. The first-order valence-corrected chi connectivity index (χ1v) is 7.24. The summed E-state index contributed by atoms with van der Waals surface area (Å²) in [5.41, 5.74) is 5.21. The van der Waals surface area contributed by atoms with Gasteiger partial charge in [0.2, 0.25) is 0 Å². The van der Waals surface area contributed by atoms with Crippen LogP contribution in [0.4, 0.5) is 13.2 Å². The summed E-state index contributed by atoms with van der Waals surface area (Å²) < 4.78 is 38.1. The molecule has 0 fully saturated rings. The number of nitrogen functional groups attached to an aromatic ring is 1. The minimum atomic E-state index is -4.41. The molecule has 8 heteroatoms. The second-order valence-corrected chi connectivity index (χ2v) is 5.93. The van der Waals surface area contributed by atoms with Crippen molar-refractivity contribution in [3.05, 3.63) is 52.1 Å². The summed E-state index contributed by atoms with van der Waals surface area (Å²) in [5.74, 6) is -0.128. The number of aromatic nitrogens is 1. The topological polar surface area (TPSA) is 62.8 Å². The number of hydrogen-bond acceptors (Lipinski definition) is 3. The van der Waals surface area contributed by atoms with Crippen LogP contribution in [0.2, 0.25) is 0 Å². The van der Waals surface area contributed by atoms with Gasteiger partial charge in [-0.05, 0) is 40.2 Å². The monoisotopic (exact) mass is 375 g/mol. The van der Waals surface area contributed by atoms with Crippen LogP contribution in [0.15, 0.2) is 50.9 Å². The van der Waals surface area contributed by atoms with E-state index in [9.17, 15) is 13.2 Å². The Morgan fingerprint density at radius 1 is 1.24 bits per heavy atom. The van der Waals surface area contributed by atoms with Gasteiger partial charge in [0.1, 0.15) is 10.9 Å². The molecule has 1 heterocycles. The molecule has 0 radical (unpaired) electrons. The normalized spacial score (nSPS) is 11.4. The van der Waals surface area contributed by atoms with Crippen molar-refractivity contribution in [2.45, 2.75) is 16.1 Å². The highest BCUT2D eigenvalue weighted by Crippen LogP contribution is 2.34. The molecule has 0 unspecified atom stereocenters. The summed E-state index contributed by atoms with van der Waals surface area (Å²) in [6, 6.07) is 7.48. The highest BCUT2D eigenvalue weighted by molar-refractivity contribution is 9.10. The zero-order valence-electron chi connectivity index (χ0n) is 10.4. The Bertz CT molecular complexity index is 671. The van der Waals surface area contributed by atoms with Gasteiger partial charge in [0.15, 0.2) is 0 Å². The van der Waals surface area contributed by atoms with E-state index in [1.165, 1.54) is 6.07 Å². The van der Waals surface area contributed by atoms with E-state index >= 15 is 0 Å². The molecule has 0 atom stereocenters. The van der Waals surface area contributed by atoms with Crippen LogP contribution in [0.5, 0.6) is 0 Å². The summed E-state index contributed by atoms with van der Waals surface area (Å²) in [5, 5.41) is 7.96. The zero-order chi connectivity index (χ0) is 15.6. The number of alkyl halides is 3. The van der Waals surface area contributed by atoms with Gasteiger partial charge in [-0.15, -0.1) is 0 Å². The molecule has 0 spiro atoms. The van der Waals surface area contributed by atoms with Gasteiger partial charge in [-0.3, -0.25) is 5.41 Å². The van der Waals surface area contributed by atoms with E-state index in [0.29, 0.717) is 20.0 Å². The highest BCUT2D eigenvalue weighted by atomic mass is 79.9. The lowest BCUT2D eigenvalue weighted by Gasteiger charge is -2.10. The molecule has 110 valence electrons. The molecule has 0 saturated heterocycles. The molecular weight excluding hydrogens is 367 g/mol. The fourth-order valence-electron chi connectivity index (χ4n) is 1.57. The Morgan fingerprint density at radius 2 is 1.95 bits per heavy atom. The number of rotatable bonds is 3. The van der Waals surface area contributed by atoms with Gasteiger partial charge in [0, 0.05) is 21.1 Å². The van der Waals surface area contributed by atoms with Crippen molar-refractivity contribution in [1.29, 1.82) is 5.41 Å². The first-order chi connectivity index (χ1) is 9.79. The van der Waals surface area contributed by atoms with E-state index in [2.05, 4.69) is 20.9 Å². The fourth-order valence-corrected chi connectivity index (χ4v) is 3.22. The molecule has 3 N–H and O–H groups in total. The average Bonchev–Trinajstić information content (AvgIpc) is 2.38. The second-order valence-electron chi connectivity index (χ2n) is 4.01. The van der Waals surface area contributed by atoms with Gasteiger partial charge in [0.05, 0.1) is 5.56 Å². The maximum atomic E-state index is 12.5. The predicted octanol–water partition coefficient (Wildman–Crippen LogP) is 4.30. The van der Waals surface area contributed by atoms with Crippen LogP contribution in [0, 0.1) is 5.41 Å². The maximum absolute atomic E-state index is 12.5. The fraction of sp³-hybridized carbons (Fsp3) is 0.0769. The van der Waals surface area contributed by atoms with E-state index in [4.69, 9.17) is 11.1 Å². The largest absolute Gasteiger partial charge is 0.417 e. The minimum absolute atomic E-state index is 0.128. The molecule has 2 aromatic rings. The quantitative estimate of drug-likeness (QED) is 0.620. The number of amidine groups is 1. The molecule has 0 aliphatic carbocycles. The second kappa shape index (κ2) is 6.07. The molecule has 21 heavy (non-hydrogen) atoms. The number of nitrogens with zero attached hydrogens (tertiary/aromatic N) is 1. The standard InChI is InChI=1S/C13H9BrF3N3S/c14-8-2-1-3-9(11(8)12(18)19)21-10-5-4-7(6-20-10)13(15,16)17/h1-6H,(H3,18,19). The van der Waals surface area contributed by atoms with Gasteiger partial charge >= 0.3 is 6.18 Å². The molecular formula is C13H9BrF3N3S. The van der Waals surface area contributed by atoms with Gasteiger partial charge in [0.25, 0.3) is 0 Å². The smallest absolute Gasteiger partial charge is 0.384 e. The van der Waals surface area contributed by atoms with Gasteiger partial charge in [-0.2, -0.15) is 13.2 Å². The third-order valence-electron chi connectivity index (χ3n) is 2.52. The Morgan fingerprint density at radius 3 is 2.48 bits per heavy atom. The Balaban J connectivity index is 2.31. The molecule has 0 aliphatic rings. The first-order valence-electron chi connectivity index (χ1n) is 5.63. The Kier molecular flexibility index (Phi) is 4.58. The number of hydrogen-bond donors (Lipinski definition) is 2. The van der Waals surface area contributed by atoms with E-state index in [-0.39, 0.29) is 5.84 Å². The van der Waals surface area contributed by atoms with Crippen LogP contribution in [0.1, 0.15) is 11.1 Å². The van der Waals surface area contributed by atoms with Crippen LogP contribution in [-0.2, 0) is 6.18 Å². The number of nitrogens with two attached hydrogens (primary N) is 1. The number of benzene rings is 1.